The van der Waals surface area contributed by atoms with E-state index in [-0.39, 0.29) is 0 Å². The molecule has 100 valence electrons. The van der Waals surface area contributed by atoms with Gasteiger partial charge in [0.2, 0.25) is 0 Å². The lowest BCUT2D eigenvalue weighted by Gasteiger charge is -2.24. The number of benzene rings is 1. The van der Waals surface area contributed by atoms with E-state index in [2.05, 4.69) is 57.7 Å². The second-order valence-electron chi connectivity index (χ2n) is 5.10. The van der Waals surface area contributed by atoms with Crippen LogP contribution >= 0.6 is 15.9 Å². The molecule has 0 aliphatic carbocycles. The quantitative estimate of drug-likeness (QED) is 0.920. The van der Waals surface area contributed by atoms with Gasteiger partial charge in [-0.2, -0.15) is 5.10 Å². The minimum absolute atomic E-state index is 0.614. The molecule has 3 rings (SSSR count). The maximum absolute atomic E-state index is 4.48. The number of nitrogens with one attached hydrogen (secondary N) is 1. The van der Waals surface area contributed by atoms with E-state index >= 15 is 0 Å². The molecule has 1 saturated heterocycles. The second-order valence-corrected chi connectivity index (χ2v) is 6.02. The molecule has 2 heterocycles. The molecule has 0 radical (unpaired) electrons. The van der Waals surface area contributed by atoms with Crippen molar-refractivity contribution in [3.63, 3.8) is 0 Å². The standard InChI is InChI=1S/C15H18BrN3/c1-19-15(11-5-7-17-8-6-11)14(10-18-19)12-3-2-4-13(16)9-12/h2-4,9-11,17H,5-8H2,1H3. The molecule has 0 amide bonds. The smallest absolute Gasteiger partial charge is 0.0571 e. The first-order chi connectivity index (χ1) is 9.25. The number of hydrogen-bond donors (Lipinski definition) is 1. The highest BCUT2D eigenvalue weighted by atomic mass is 79.9. The fourth-order valence-corrected chi connectivity index (χ4v) is 3.30. The zero-order chi connectivity index (χ0) is 13.2. The van der Waals surface area contributed by atoms with Crippen molar-refractivity contribution in [2.45, 2.75) is 18.8 Å². The summed E-state index contributed by atoms with van der Waals surface area (Å²) in [6.45, 7) is 2.21. The Kier molecular flexibility index (Phi) is 3.71. The van der Waals surface area contributed by atoms with Crippen LogP contribution in [-0.2, 0) is 7.05 Å². The van der Waals surface area contributed by atoms with E-state index in [1.807, 2.05) is 10.9 Å². The van der Waals surface area contributed by atoms with E-state index in [4.69, 9.17) is 0 Å². The summed E-state index contributed by atoms with van der Waals surface area (Å²) in [5, 5.41) is 7.91. The lowest BCUT2D eigenvalue weighted by Crippen LogP contribution is -2.27. The van der Waals surface area contributed by atoms with Crippen molar-refractivity contribution in [3.05, 3.63) is 40.6 Å². The Labute approximate surface area is 122 Å². The van der Waals surface area contributed by atoms with Gasteiger partial charge in [-0.25, -0.2) is 0 Å². The molecule has 19 heavy (non-hydrogen) atoms. The molecular formula is C15H18BrN3. The summed E-state index contributed by atoms with van der Waals surface area (Å²) in [6, 6.07) is 8.47. The van der Waals surface area contributed by atoms with Crippen molar-refractivity contribution >= 4 is 15.9 Å². The van der Waals surface area contributed by atoms with Gasteiger partial charge in [0, 0.05) is 28.7 Å². The molecular weight excluding hydrogens is 302 g/mol. The van der Waals surface area contributed by atoms with Gasteiger partial charge in [0.25, 0.3) is 0 Å². The molecule has 0 saturated carbocycles. The first-order valence-electron chi connectivity index (χ1n) is 6.74. The van der Waals surface area contributed by atoms with Crippen molar-refractivity contribution in [2.75, 3.05) is 13.1 Å². The summed E-state index contributed by atoms with van der Waals surface area (Å²) in [6.07, 6.45) is 4.39. The Bertz CT molecular complexity index is 571. The molecule has 3 nitrogen and oxygen atoms in total. The van der Waals surface area contributed by atoms with Crippen molar-refractivity contribution in [2.24, 2.45) is 7.05 Å². The predicted molar refractivity (Wildman–Crippen MR) is 81.2 cm³/mol. The van der Waals surface area contributed by atoms with Crippen molar-refractivity contribution in [1.82, 2.24) is 15.1 Å². The van der Waals surface area contributed by atoms with Crippen molar-refractivity contribution in [3.8, 4) is 11.1 Å². The van der Waals surface area contributed by atoms with Crippen LogP contribution in [0.15, 0.2) is 34.9 Å². The second kappa shape index (κ2) is 5.47. The van der Waals surface area contributed by atoms with Crippen LogP contribution in [0.25, 0.3) is 11.1 Å². The number of aromatic nitrogens is 2. The Balaban J connectivity index is 2.02. The van der Waals surface area contributed by atoms with Gasteiger partial charge < -0.3 is 5.32 Å². The van der Waals surface area contributed by atoms with Crippen LogP contribution in [0.2, 0.25) is 0 Å². The molecule has 0 spiro atoms. The Morgan fingerprint density at radius 3 is 2.84 bits per heavy atom. The Morgan fingerprint density at radius 2 is 2.11 bits per heavy atom. The largest absolute Gasteiger partial charge is 0.317 e. The van der Waals surface area contributed by atoms with E-state index in [1.54, 1.807) is 0 Å². The third-order valence-corrected chi connectivity index (χ3v) is 4.34. The molecule has 4 heteroatoms. The highest BCUT2D eigenvalue weighted by Gasteiger charge is 2.22. The third kappa shape index (κ3) is 2.60. The molecule has 0 bridgehead atoms. The summed E-state index contributed by atoms with van der Waals surface area (Å²) >= 11 is 3.55. The number of hydrogen-bond acceptors (Lipinski definition) is 2. The minimum Gasteiger partial charge on any atom is -0.317 e. The minimum atomic E-state index is 0.614. The predicted octanol–water partition coefficient (Wildman–Crippen LogP) is 3.32. The van der Waals surface area contributed by atoms with Crippen LogP contribution in [0.3, 0.4) is 0 Å². The number of rotatable bonds is 2. The van der Waals surface area contributed by atoms with Crippen LogP contribution in [0, 0.1) is 0 Å². The highest BCUT2D eigenvalue weighted by Crippen LogP contribution is 2.34. The number of halogens is 1. The van der Waals surface area contributed by atoms with Gasteiger partial charge >= 0.3 is 0 Å². The van der Waals surface area contributed by atoms with Gasteiger partial charge in [-0.05, 0) is 43.6 Å². The fourth-order valence-electron chi connectivity index (χ4n) is 2.90. The molecule has 1 aliphatic rings. The molecule has 0 unspecified atom stereocenters. The molecule has 0 atom stereocenters. The maximum atomic E-state index is 4.48. The topological polar surface area (TPSA) is 29.9 Å². The molecule has 1 fully saturated rings. The number of piperidine rings is 1. The number of nitrogens with zero attached hydrogens (tertiary/aromatic N) is 2. The van der Waals surface area contributed by atoms with E-state index < -0.39 is 0 Å². The lowest BCUT2D eigenvalue weighted by molar-refractivity contribution is 0.440. The molecule has 2 aromatic rings. The summed E-state index contributed by atoms with van der Waals surface area (Å²) in [5.74, 6) is 0.614. The first-order valence-corrected chi connectivity index (χ1v) is 7.53. The average Bonchev–Trinajstić information content (AvgIpc) is 2.82. The van der Waals surface area contributed by atoms with Crippen molar-refractivity contribution < 1.29 is 0 Å². The van der Waals surface area contributed by atoms with Crippen molar-refractivity contribution in [1.29, 1.82) is 0 Å². The van der Waals surface area contributed by atoms with E-state index in [0.29, 0.717) is 5.92 Å². The lowest BCUT2D eigenvalue weighted by atomic mass is 9.90. The summed E-state index contributed by atoms with van der Waals surface area (Å²) in [4.78, 5) is 0. The zero-order valence-electron chi connectivity index (χ0n) is 11.1. The van der Waals surface area contributed by atoms with Crippen LogP contribution in [0.1, 0.15) is 24.5 Å². The molecule has 1 aromatic carbocycles. The zero-order valence-corrected chi connectivity index (χ0v) is 12.7. The Hall–Kier alpha value is -1.13. The molecule has 1 aromatic heterocycles. The number of aryl methyl sites for hydroxylation is 1. The molecule has 1 N–H and O–H groups in total. The van der Waals surface area contributed by atoms with E-state index in [1.165, 1.54) is 29.7 Å². The molecule has 1 aliphatic heterocycles. The van der Waals surface area contributed by atoms with E-state index in [9.17, 15) is 0 Å². The van der Waals surface area contributed by atoms with Crippen LogP contribution in [0.4, 0.5) is 0 Å². The summed E-state index contributed by atoms with van der Waals surface area (Å²) in [7, 11) is 2.05. The average molecular weight is 320 g/mol. The maximum Gasteiger partial charge on any atom is 0.0571 e. The Morgan fingerprint density at radius 1 is 1.32 bits per heavy atom. The highest BCUT2D eigenvalue weighted by molar-refractivity contribution is 9.10. The first kappa shape index (κ1) is 12.9. The van der Waals surface area contributed by atoms with Gasteiger partial charge in [0.05, 0.1) is 6.20 Å². The normalized spacial score (nSPS) is 16.7. The van der Waals surface area contributed by atoms with Crippen LogP contribution in [-0.4, -0.2) is 22.9 Å². The third-order valence-electron chi connectivity index (χ3n) is 3.85. The van der Waals surface area contributed by atoms with Gasteiger partial charge in [-0.3, -0.25) is 4.68 Å². The van der Waals surface area contributed by atoms with E-state index in [0.717, 1.165) is 17.6 Å². The van der Waals surface area contributed by atoms with Crippen LogP contribution < -0.4 is 5.32 Å². The van der Waals surface area contributed by atoms with Crippen LogP contribution in [0.5, 0.6) is 0 Å². The summed E-state index contributed by atoms with van der Waals surface area (Å²) < 4.78 is 3.16. The van der Waals surface area contributed by atoms with Gasteiger partial charge in [0.15, 0.2) is 0 Å². The summed E-state index contributed by atoms with van der Waals surface area (Å²) in [5.41, 5.74) is 3.89. The monoisotopic (exact) mass is 319 g/mol. The van der Waals surface area contributed by atoms with Gasteiger partial charge in [-0.15, -0.1) is 0 Å². The SMILES string of the molecule is Cn1ncc(-c2cccc(Br)c2)c1C1CCNCC1. The van der Waals surface area contributed by atoms with Gasteiger partial charge in [-0.1, -0.05) is 28.1 Å². The van der Waals surface area contributed by atoms with Gasteiger partial charge in [0.1, 0.15) is 0 Å². The fraction of sp³-hybridized carbons (Fsp3) is 0.400.